The Morgan fingerprint density at radius 2 is 1.50 bits per heavy atom. The van der Waals surface area contributed by atoms with Gasteiger partial charge in [-0.1, -0.05) is 0 Å². The fourth-order valence-corrected chi connectivity index (χ4v) is 0. The molecular formula is C2H4Cl2F3O4P. The van der Waals surface area contributed by atoms with E-state index < -0.39 is 18.5 Å². The summed E-state index contributed by atoms with van der Waals surface area (Å²) in [5, 5.41) is 14.4. The second kappa shape index (κ2) is 5.26. The minimum atomic E-state index is -4.61. The third kappa shape index (κ3) is 22.4. The van der Waals surface area contributed by atoms with E-state index in [0.717, 1.165) is 0 Å². The van der Waals surface area contributed by atoms with E-state index in [2.05, 4.69) is 22.5 Å². The third-order valence-electron chi connectivity index (χ3n) is 0.287. The monoisotopic (exact) mass is 250 g/mol. The first kappa shape index (κ1) is 15.0. The molecule has 0 rings (SSSR count). The van der Waals surface area contributed by atoms with Crippen LogP contribution < -0.4 is 0 Å². The minimum absolute atomic E-state index is 3.48. The zero-order valence-electron chi connectivity index (χ0n) is 5.16. The summed E-state index contributed by atoms with van der Waals surface area (Å²) >= 11 is 8.81. The molecule has 0 bridgehead atoms. The molecule has 0 spiro atoms. The van der Waals surface area contributed by atoms with Crippen LogP contribution >= 0.6 is 28.6 Å². The summed E-state index contributed by atoms with van der Waals surface area (Å²) < 4.78 is 41.6. The molecular weight excluding hydrogens is 247 g/mol. The number of halogens is 5. The highest BCUT2D eigenvalue weighted by atomic mass is 35.9. The molecule has 0 aliphatic carbocycles. The van der Waals surface area contributed by atoms with Crippen molar-refractivity contribution < 1.29 is 32.8 Å². The van der Waals surface area contributed by atoms with E-state index >= 15 is 0 Å². The first-order chi connectivity index (χ1) is 4.94. The van der Waals surface area contributed by atoms with Gasteiger partial charge in [0.05, 0.1) is 0 Å². The Bertz CT molecular complexity index is 156. The van der Waals surface area contributed by atoms with Gasteiger partial charge in [0.15, 0.2) is 0 Å². The lowest BCUT2D eigenvalue weighted by Crippen LogP contribution is -2.28. The van der Waals surface area contributed by atoms with Crippen molar-refractivity contribution in [3.05, 3.63) is 0 Å². The topological polar surface area (TPSA) is 77.8 Å². The average molecular weight is 251 g/mol. The van der Waals surface area contributed by atoms with Gasteiger partial charge in [0.1, 0.15) is 0 Å². The quantitative estimate of drug-likeness (QED) is 0.616. The largest absolute Gasteiger partial charge is 0.409 e. The highest BCUT2D eigenvalue weighted by molar-refractivity contribution is 8.04. The molecule has 4 nitrogen and oxygen atoms in total. The Morgan fingerprint density at radius 1 is 1.42 bits per heavy atom. The van der Waals surface area contributed by atoms with Crippen molar-refractivity contribution in [2.45, 2.75) is 12.5 Å². The van der Waals surface area contributed by atoms with E-state index in [1.54, 1.807) is 0 Å². The molecule has 0 saturated carbocycles. The molecule has 0 aromatic rings. The van der Waals surface area contributed by atoms with Crippen LogP contribution in [0.1, 0.15) is 0 Å². The van der Waals surface area contributed by atoms with E-state index in [9.17, 15) is 17.7 Å². The maximum atomic E-state index is 10.8. The van der Waals surface area contributed by atoms with Crippen LogP contribution in [-0.2, 0) is 4.57 Å². The fraction of sp³-hybridized carbons (Fsp3) is 1.00. The molecule has 3 N–H and O–H groups in total. The zero-order chi connectivity index (χ0) is 10.6. The number of aliphatic hydroxyl groups excluding tert-OH is 1. The molecule has 0 aromatic carbocycles. The zero-order valence-corrected chi connectivity index (χ0v) is 7.57. The van der Waals surface area contributed by atoms with Crippen LogP contribution in [0.25, 0.3) is 0 Å². The molecule has 0 radical (unpaired) electrons. The molecule has 1 unspecified atom stereocenters. The SMILES string of the molecule is O=P(O)(Cl)Cl.OC(F)C(O)(F)F. The van der Waals surface area contributed by atoms with Gasteiger partial charge in [-0.2, -0.15) is 8.78 Å². The van der Waals surface area contributed by atoms with E-state index in [-0.39, 0.29) is 0 Å². The Hall–Kier alpha value is 0.480. The van der Waals surface area contributed by atoms with Crippen LogP contribution in [0.2, 0.25) is 0 Å². The van der Waals surface area contributed by atoms with Gasteiger partial charge in [-0.25, -0.2) is 4.39 Å². The summed E-state index contributed by atoms with van der Waals surface area (Å²) in [5.41, 5.74) is 0. The predicted molar refractivity (Wildman–Crippen MR) is 35.8 cm³/mol. The van der Waals surface area contributed by atoms with Crippen LogP contribution in [0.5, 0.6) is 0 Å². The third-order valence-corrected chi connectivity index (χ3v) is 0.287. The number of hydrogen-bond donors (Lipinski definition) is 3. The van der Waals surface area contributed by atoms with Gasteiger partial charge in [-0.15, -0.1) is 0 Å². The van der Waals surface area contributed by atoms with Gasteiger partial charge in [0.25, 0.3) is 6.36 Å². The second-order valence-electron chi connectivity index (χ2n) is 1.36. The summed E-state index contributed by atoms with van der Waals surface area (Å²) in [6, 6.07) is 0. The summed E-state index contributed by atoms with van der Waals surface area (Å²) in [4.78, 5) is 7.61. The first-order valence-electron chi connectivity index (χ1n) is 2.09. The molecule has 0 heterocycles. The van der Waals surface area contributed by atoms with Crippen molar-refractivity contribution in [1.82, 2.24) is 0 Å². The van der Waals surface area contributed by atoms with Gasteiger partial charge in [-0.3, -0.25) is 4.57 Å². The Kier molecular flexibility index (Phi) is 6.57. The maximum absolute atomic E-state index is 10.8. The van der Waals surface area contributed by atoms with E-state index in [1.807, 2.05) is 0 Å². The van der Waals surface area contributed by atoms with Crippen LogP contribution in [0, 0.1) is 0 Å². The van der Waals surface area contributed by atoms with Crippen molar-refractivity contribution in [3.8, 4) is 0 Å². The molecule has 0 aliphatic heterocycles. The second-order valence-corrected chi connectivity index (χ2v) is 5.50. The fourth-order valence-electron chi connectivity index (χ4n) is 0. The van der Waals surface area contributed by atoms with Crippen molar-refractivity contribution >= 4 is 28.6 Å². The molecule has 0 aliphatic rings. The summed E-state index contributed by atoms with van der Waals surface area (Å²) in [5.74, 6) is 0. The van der Waals surface area contributed by atoms with Gasteiger partial charge >= 0.3 is 12.2 Å². The van der Waals surface area contributed by atoms with E-state index in [0.29, 0.717) is 0 Å². The Morgan fingerprint density at radius 3 is 1.50 bits per heavy atom. The lowest BCUT2D eigenvalue weighted by molar-refractivity contribution is -0.293. The highest BCUT2D eigenvalue weighted by Crippen LogP contribution is 2.51. The Labute approximate surface area is 74.6 Å². The smallest absolute Gasteiger partial charge is 0.357 e. The van der Waals surface area contributed by atoms with Gasteiger partial charge in [-0.05, 0) is 22.5 Å². The normalized spacial score (nSPS) is 14.7. The van der Waals surface area contributed by atoms with Crippen LogP contribution in [-0.4, -0.2) is 27.6 Å². The molecule has 0 amide bonds. The van der Waals surface area contributed by atoms with Crippen molar-refractivity contribution in [2.75, 3.05) is 0 Å². The lowest BCUT2D eigenvalue weighted by atomic mass is 10.6. The first-order valence-corrected chi connectivity index (χ1v) is 5.56. The predicted octanol–water partition coefficient (Wildman–Crippen LogP) is 1.42. The molecule has 0 fully saturated rings. The lowest BCUT2D eigenvalue weighted by Gasteiger charge is -2.05. The minimum Gasteiger partial charge on any atom is -0.357 e. The van der Waals surface area contributed by atoms with Crippen molar-refractivity contribution in [3.63, 3.8) is 0 Å². The van der Waals surface area contributed by atoms with Crippen LogP contribution in [0.15, 0.2) is 0 Å². The van der Waals surface area contributed by atoms with E-state index in [1.165, 1.54) is 0 Å². The summed E-state index contributed by atoms with van der Waals surface area (Å²) in [7, 11) is 0. The standard InChI is InChI=1S/C2H3F3O2.Cl2HO2P/c3-1(6)2(4,5)7;1-5(2,3)4/h1,6-7H;(H,3,4). The maximum Gasteiger partial charge on any atom is 0.409 e. The average Bonchev–Trinajstić information content (AvgIpc) is 1.55. The molecule has 76 valence electrons. The highest BCUT2D eigenvalue weighted by Gasteiger charge is 2.35. The van der Waals surface area contributed by atoms with Crippen LogP contribution in [0.3, 0.4) is 0 Å². The molecule has 0 aromatic heterocycles. The Balaban J connectivity index is 0. The molecule has 0 saturated heterocycles. The number of rotatable bonds is 1. The van der Waals surface area contributed by atoms with Gasteiger partial charge in [0, 0.05) is 0 Å². The molecule has 12 heavy (non-hydrogen) atoms. The number of aliphatic hydroxyl groups is 2. The summed E-state index contributed by atoms with van der Waals surface area (Å²) in [6.07, 6.45) is -11.8. The molecule has 1 atom stereocenters. The summed E-state index contributed by atoms with van der Waals surface area (Å²) in [6.45, 7) is 0. The van der Waals surface area contributed by atoms with Crippen molar-refractivity contribution in [2.24, 2.45) is 0 Å². The molecule has 10 heteroatoms. The number of alkyl halides is 3. The van der Waals surface area contributed by atoms with E-state index in [4.69, 9.17) is 15.1 Å². The van der Waals surface area contributed by atoms with Gasteiger partial charge < -0.3 is 15.1 Å². The van der Waals surface area contributed by atoms with Gasteiger partial charge in [0.2, 0.25) is 0 Å². The number of hydrogen-bond acceptors (Lipinski definition) is 3. The van der Waals surface area contributed by atoms with Crippen molar-refractivity contribution in [1.29, 1.82) is 0 Å². The van der Waals surface area contributed by atoms with Crippen LogP contribution in [0.4, 0.5) is 13.2 Å².